The smallest absolute Gasteiger partial charge is 0.265 e. The van der Waals surface area contributed by atoms with Gasteiger partial charge in [0, 0.05) is 38.6 Å². The molecule has 35 heavy (non-hydrogen) atoms. The summed E-state index contributed by atoms with van der Waals surface area (Å²) in [6.07, 6.45) is 4.46. The van der Waals surface area contributed by atoms with E-state index < -0.39 is 10.0 Å². The van der Waals surface area contributed by atoms with E-state index in [1.54, 1.807) is 24.0 Å². The quantitative estimate of drug-likeness (QED) is 0.432. The van der Waals surface area contributed by atoms with Crippen molar-refractivity contribution in [3.63, 3.8) is 0 Å². The molecule has 0 spiro atoms. The Labute approximate surface area is 204 Å². The van der Waals surface area contributed by atoms with Crippen LogP contribution in [0.3, 0.4) is 0 Å². The second-order valence-electron chi connectivity index (χ2n) is 8.73. The van der Waals surface area contributed by atoms with Gasteiger partial charge in [-0.05, 0) is 43.8 Å². The Balaban J connectivity index is 1.46. The maximum absolute atomic E-state index is 13.3. The largest absolute Gasteiger partial charge is 0.494 e. The number of piperazine rings is 1. The molecular formula is C23H28N8O3S. The second-order valence-corrected chi connectivity index (χ2v) is 10.4. The predicted molar refractivity (Wildman–Crippen MR) is 134 cm³/mol. The Kier molecular flexibility index (Phi) is 5.85. The molecule has 1 saturated heterocycles. The molecule has 0 unspecified atom stereocenters. The average Bonchev–Trinajstić information content (AvgIpc) is 3.47. The summed E-state index contributed by atoms with van der Waals surface area (Å²) in [5.74, 6) is 1.82. The average molecular weight is 497 g/mol. The van der Waals surface area contributed by atoms with Crippen molar-refractivity contribution >= 4 is 32.4 Å². The molecule has 1 aromatic carbocycles. The molecule has 184 valence electrons. The number of aromatic nitrogens is 5. The lowest BCUT2D eigenvalue weighted by molar-refractivity contribution is 0.312. The van der Waals surface area contributed by atoms with E-state index in [0.717, 1.165) is 42.9 Å². The normalized spacial score (nSPS) is 15.0. The third-order valence-electron chi connectivity index (χ3n) is 6.19. The molecule has 1 fully saturated rings. The number of pyridine rings is 1. The van der Waals surface area contributed by atoms with E-state index in [4.69, 9.17) is 9.72 Å². The van der Waals surface area contributed by atoms with Crippen molar-refractivity contribution < 1.29 is 13.2 Å². The summed E-state index contributed by atoms with van der Waals surface area (Å²) >= 11 is 0. The first-order chi connectivity index (χ1) is 16.7. The zero-order valence-corrected chi connectivity index (χ0v) is 20.9. The lowest BCUT2D eigenvalue weighted by Gasteiger charge is -2.33. The number of ether oxygens (including phenoxy) is 1. The number of benzene rings is 1. The molecule has 0 bridgehead atoms. The number of rotatable bonds is 6. The predicted octanol–water partition coefficient (Wildman–Crippen LogP) is 2.02. The molecular weight excluding hydrogens is 468 g/mol. The highest BCUT2D eigenvalue weighted by atomic mass is 32.2. The molecule has 1 aliphatic heterocycles. The van der Waals surface area contributed by atoms with E-state index in [0.29, 0.717) is 22.8 Å². The molecule has 1 aliphatic rings. The van der Waals surface area contributed by atoms with Crippen LogP contribution in [-0.4, -0.2) is 78.2 Å². The van der Waals surface area contributed by atoms with Crippen molar-refractivity contribution in [2.24, 2.45) is 7.05 Å². The van der Waals surface area contributed by atoms with Crippen LogP contribution in [0.2, 0.25) is 0 Å². The fraction of sp³-hybridized carbons (Fsp3) is 0.348. The number of methoxy groups -OCH3 is 1. The summed E-state index contributed by atoms with van der Waals surface area (Å²) in [6, 6.07) is 7.47. The Hall–Kier alpha value is -3.64. The summed E-state index contributed by atoms with van der Waals surface area (Å²) in [5, 5.41) is 9.33. The molecule has 0 aliphatic carbocycles. The van der Waals surface area contributed by atoms with Gasteiger partial charge in [0.25, 0.3) is 10.0 Å². The van der Waals surface area contributed by atoms with Gasteiger partial charge in [-0.15, -0.1) is 0 Å². The van der Waals surface area contributed by atoms with Crippen LogP contribution < -0.4 is 14.4 Å². The van der Waals surface area contributed by atoms with Gasteiger partial charge in [-0.1, -0.05) is 0 Å². The zero-order chi connectivity index (χ0) is 24.7. The van der Waals surface area contributed by atoms with Crippen LogP contribution >= 0.6 is 0 Å². The van der Waals surface area contributed by atoms with Gasteiger partial charge in [-0.3, -0.25) is 9.40 Å². The summed E-state index contributed by atoms with van der Waals surface area (Å²) in [7, 11) is 1.39. The van der Waals surface area contributed by atoms with Crippen molar-refractivity contribution in [3.8, 4) is 11.6 Å². The van der Waals surface area contributed by atoms with E-state index in [-0.39, 0.29) is 4.90 Å². The molecule has 0 radical (unpaired) electrons. The minimum Gasteiger partial charge on any atom is -0.494 e. The van der Waals surface area contributed by atoms with Gasteiger partial charge >= 0.3 is 0 Å². The van der Waals surface area contributed by atoms with Crippen LogP contribution in [0.4, 0.5) is 11.5 Å². The molecule has 4 heterocycles. The zero-order valence-electron chi connectivity index (χ0n) is 20.1. The third kappa shape index (κ3) is 4.42. The molecule has 12 heteroatoms. The maximum atomic E-state index is 13.3. The summed E-state index contributed by atoms with van der Waals surface area (Å²) in [5.41, 5.74) is 1.97. The molecule has 0 saturated carbocycles. The lowest BCUT2D eigenvalue weighted by atomic mass is 10.2. The van der Waals surface area contributed by atoms with Gasteiger partial charge < -0.3 is 14.5 Å². The van der Waals surface area contributed by atoms with Gasteiger partial charge in [0.15, 0.2) is 5.82 Å². The van der Waals surface area contributed by atoms with Gasteiger partial charge in [0.2, 0.25) is 0 Å². The van der Waals surface area contributed by atoms with E-state index in [1.807, 2.05) is 25.1 Å². The highest BCUT2D eigenvalue weighted by Gasteiger charge is 2.23. The van der Waals surface area contributed by atoms with Gasteiger partial charge in [0.05, 0.1) is 31.2 Å². The van der Waals surface area contributed by atoms with E-state index >= 15 is 0 Å². The van der Waals surface area contributed by atoms with Crippen molar-refractivity contribution in [3.05, 3.63) is 48.4 Å². The molecule has 4 aromatic rings. The molecule has 3 aromatic heterocycles. The highest BCUT2D eigenvalue weighted by Crippen LogP contribution is 2.34. The molecule has 0 amide bonds. The van der Waals surface area contributed by atoms with E-state index in [2.05, 4.69) is 31.8 Å². The molecule has 5 rings (SSSR count). The maximum Gasteiger partial charge on any atom is 0.265 e. The van der Waals surface area contributed by atoms with Crippen LogP contribution in [0.15, 0.2) is 47.8 Å². The first-order valence-corrected chi connectivity index (χ1v) is 12.7. The van der Waals surface area contributed by atoms with Crippen molar-refractivity contribution in [1.29, 1.82) is 0 Å². The van der Waals surface area contributed by atoms with Crippen LogP contribution in [0.5, 0.6) is 5.75 Å². The monoisotopic (exact) mass is 496 g/mol. The number of sulfonamides is 1. The first kappa shape index (κ1) is 23.1. The van der Waals surface area contributed by atoms with Crippen molar-refractivity contribution in [2.45, 2.75) is 11.8 Å². The Morgan fingerprint density at radius 3 is 2.49 bits per heavy atom. The molecule has 11 nitrogen and oxygen atoms in total. The molecule has 0 atom stereocenters. The number of hydrogen-bond donors (Lipinski definition) is 1. The third-order valence-corrected chi connectivity index (χ3v) is 7.50. The van der Waals surface area contributed by atoms with Crippen LogP contribution in [0.1, 0.15) is 5.56 Å². The SMILES string of the molecule is COc1ccc2cnn(C)c2c1NS(=O)(=O)c1cnn(-c2cc(C)cc(N3CCN(C)CC3)n2)c1. The first-order valence-electron chi connectivity index (χ1n) is 11.2. The summed E-state index contributed by atoms with van der Waals surface area (Å²) < 4.78 is 37.8. The topological polar surface area (TPSA) is 110 Å². The number of anilines is 2. The van der Waals surface area contributed by atoms with Gasteiger partial charge in [-0.2, -0.15) is 10.2 Å². The Morgan fingerprint density at radius 1 is 1.00 bits per heavy atom. The second kappa shape index (κ2) is 8.86. The number of aryl methyl sites for hydroxylation is 2. The van der Waals surface area contributed by atoms with E-state index in [9.17, 15) is 8.42 Å². The Morgan fingerprint density at radius 2 is 1.74 bits per heavy atom. The standard InChI is InChI=1S/C23H28N8O3S/c1-16-11-20(30-9-7-28(2)8-10-30)26-21(12-16)31-15-18(14-25-31)35(32,33)27-22-19(34-4)6-5-17-13-24-29(3)23(17)22/h5-6,11-15,27H,7-10H2,1-4H3. The fourth-order valence-corrected chi connectivity index (χ4v) is 5.23. The highest BCUT2D eigenvalue weighted by molar-refractivity contribution is 7.92. The summed E-state index contributed by atoms with van der Waals surface area (Å²) in [4.78, 5) is 9.30. The number of nitrogens with zero attached hydrogens (tertiary/aromatic N) is 7. The van der Waals surface area contributed by atoms with Gasteiger partial charge in [0.1, 0.15) is 22.2 Å². The Bertz CT molecular complexity index is 1490. The van der Waals surface area contributed by atoms with Crippen molar-refractivity contribution in [2.75, 3.05) is 50.0 Å². The van der Waals surface area contributed by atoms with Crippen molar-refractivity contribution in [1.82, 2.24) is 29.4 Å². The van der Waals surface area contributed by atoms with E-state index in [1.165, 1.54) is 24.2 Å². The number of likely N-dealkylation sites (N-methyl/N-ethyl adjacent to an activating group) is 1. The lowest BCUT2D eigenvalue weighted by Crippen LogP contribution is -2.44. The minimum atomic E-state index is -3.96. The molecule has 1 N–H and O–H groups in total. The number of nitrogens with one attached hydrogen (secondary N) is 1. The minimum absolute atomic E-state index is 0.0168. The van der Waals surface area contributed by atoms with Crippen LogP contribution in [-0.2, 0) is 17.1 Å². The fourth-order valence-electron chi connectivity index (χ4n) is 4.23. The number of hydrogen-bond acceptors (Lipinski definition) is 8. The summed E-state index contributed by atoms with van der Waals surface area (Å²) in [6.45, 7) is 5.70. The van der Waals surface area contributed by atoms with Crippen LogP contribution in [0, 0.1) is 6.92 Å². The number of fused-ring (bicyclic) bond motifs is 1. The van der Waals surface area contributed by atoms with Crippen LogP contribution in [0.25, 0.3) is 16.7 Å². The van der Waals surface area contributed by atoms with Gasteiger partial charge in [-0.25, -0.2) is 18.1 Å².